The zero-order chi connectivity index (χ0) is 47.1. The number of ether oxygens (including phenoxy) is 2. The molecule has 10 nitrogen and oxygen atoms in total. The van der Waals surface area contributed by atoms with E-state index in [0.717, 1.165) is 127 Å². The molecular weight excluding hydrogens is 879 g/mol. The molecule has 0 unspecified atom stereocenters. The van der Waals surface area contributed by atoms with E-state index in [1.807, 2.05) is 72.9 Å². The second-order valence-corrected chi connectivity index (χ2v) is 24.4. The molecular formula is C52H80O10P2S. The molecule has 0 amide bonds. The number of aryl methyl sites for hydroxylation is 2. The summed E-state index contributed by atoms with van der Waals surface area (Å²) >= 11 is 0. The highest BCUT2D eigenvalue weighted by Gasteiger charge is 2.38. The molecule has 0 bridgehead atoms. The van der Waals surface area contributed by atoms with Crippen LogP contribution in [0.1, 0.15) is 151 Å². The van der Waals surface area contributed by atoms with E-state index in [4.69, 9.17) is 29.0 Å². The van der Waals surface area contributed by atoms with E-state index in [0.29, 0.717) is 38.9 Å². The van der Waals surface area contributed by atoms with E-state index in [-0.39, 0.29) is 12.3 Å². The van der Waals surface area contributed by atoms with Crippen molar-refractivity contribution in [2.45, 2.75) is 177 Å². The van der Waals surface area contributed by atoms with Crippen molar-refractivity contribution in [2.24, 2.45) is 0 Å². The molecule has 364 valence electrons. The summed E-state index contributed by atoms with van der Waals surface area (Å²) in [7, 11) is -11.4. The fourth-order valence-corrected chi connectivity index (χ4v) is 11.6. The number of hydrogen-bond donors (Lipinski definition) is 4. The first-order valence-electron chi connectivity index (χ1n) is 24.5. The Labute approximate surface area is 391 Å². The quantitative estimate of drug-likeness (QED) is 0.0301. The monoisotopic (exact) mass is 958 g/mol. The first kappa shape index (κ1) is 55.2. The molecule has 0 saturated carbocycles. The van der Waals surface area contributed by atoms with Crippen LogP contribution in [0, 0.1) is 13.8 Å². The van der Waals surface area contributed by atoms with Crippen molar-refractivity contribution in [3.63, 3.8) is 0 Å². The molecule has 0 fully saturated rings. The van der Waals surface area contributed by atoms with E-state index in [9.17, 15) is 17.5 Å². The summed E-state index contributed by atoms with van der Waals surface area (Å²) in [4.78, 5) is 36.0. The van der Waals surface area contributed by atoms with Gasteiger partial charge in [-0.05, 0) is 61.8 Å². The largest absolute Gasteiger partial charge is 0.366 e. The highest BCUT2D eigenvalue weighted by Crippen LogP contribution is 2.37. The minimum atomic E-state index is -3.88. The van der Waals surface area contributed by atoms with Gasteiger partial charge >= 0.3 is 15.2 Å². The standard InChI is InChI=1S/C52H80O10P2S/c1-45-27-19-21-29-47(45)43-51(61-39-23-15-11-7-3-5-9-13-17-25-41-63(53,54)55)35-31-49(32-36-51)65(59,60)50-33-37-52(38-34-50,44-48-30-22-20-28-46(48)2)62-40-24-16-12-8-4-6-10-14-18-26-42-64(56,57)58/h19-22,27-38,49-50H,3-18,23-26,39-44H2,1-2H3,(H2,53,54,55)(H2,56,57,58). The third-order valence-electron chi connectivity index (χ3n) is 12.9. The maximum atomic E-state index is 14.3. The van der Waals surface area contributed by atoms with Gasteiger partial charge in [-0.1, -0.05) is 200 Å². The lowest BCUT2D eigenvalue weighted by Crippen LogP contribution is -2.39. The van der Waals surface area contributed by atoms with Gasteiger partial charge in [0.05, 0.1) is 10.5 Å². The van der Waals surface area contributed by atoms with Gasteiger partial charge in [0.15, 0.2) is 9.84 Å². The number of hydrogen-bond acceptors (Lipinski definition) is 6. The lowest BCUT2D eigenvalue weighted by Gasteiger charge is -2.34. The van der Waals surface area contributed by atoms with Crippen LogP contribution in [-0.4, -0.2) is 75.2 Å². The molecule has 0 aliphatic heterocycles. The number of sulfone groups is 1. The smallest absolute Gasteiger partial charge is 0.325 e. The zero-order valence-electron chi connectivity index (χ0n) is 39.3. The maximum absolute atomic E-state index is 14.3. The molecule has 2 aromatic carbocycles. The summed E-state index contributed by atoms with van der Waals surface area (Å²) in [6.45, 7) is 5.33. The Morgan fingerprint density at radius 3 is 1.03 bits per heavy atom. The molecule has 2 aliphatic carbocycles. The average Bonchev–Trinajstić information content (AvgIpc) is 3.25. The van der Waals surface area contributed by atoms with E-state index in [2.05, 4.69) is 38.1 Å². The minimum absolute atomic E-state index is 0.0154. The molecule has 4 N–H and O–H groups in total. The van der Waals surface area contributed by atoms with Crippen LogP contribution in [-0.2, 0) is 41.3 Å². The van der Waals surface area contributed by atoms with Crippen molar-refractivity contribution in [1.29, 1.82) is 0 Å². The topological polar surface area (TPSA) is 168 Å². The fourth-order valence-electron chi connectivity index (χ4n) is 8.82. The molecule has 2 aromatic rings. The highest BCUT2D eigenvalue weighted by atomic mass is 32.2. The summed E-state index contributed by atoms with van der Waals surface area (Å²) in [5.41, 5.74) is 3.17. The third kappa shape index (κ3) is 21.2. The van der Waals surface area contributed by atoms with Crippen LogP contribution in [0.15, 0.2) is 97.1 Å². The van der Waals surface area contributed by atoms with Crippen molar-refractivity contribution < 1.29 is 46.6 Å². The lowest BCUT2D eigenvalue weighted by atomic mass is 9.88. The molecule has 0 radical (unpaired) electrons. The van der Waals surface area contributed by atoms with Gasteiger partial charge in [0.2, 0.25) is 0 Å². The Balaban J connectivity index is 1.27. The summed E-state index contributed by atoms with van der Waals surface area (Å²) in [5.74, 6) is 0. The minimum Gasteiger partial charge on any atom is -0.366 e. The van der Waals surface area contributed by atoms with E-state index in [1.54, 1.807) is 0 Å². The summed E-state index contributed by atoms with van der Waals surface area (Å²) in [6, 6.07) is 16.5. The molecule has 0 heterocycles. The van der Waals surface area contributed by atoms with Gasteiger partial charge in [-0.2, -0.15) is 0 Å². The van der Waals surface area contributed by atoms with Crippen LogP contribution >= 0.6 is 15.2 Å². The predicted octanol–water partition coefficient (Wildman–Crippen LogP) is 12.2. The Morgan fingerprint density at radius 2 is 0.738 bits per heavy atom. The first-order valence-corrected chi connectivity index (χ1v) is 29.7. The third-order valence-corrected chi connectivity index (χ3v) is 16.9. The lowest BCUT2D eigenvalue weighted by molar-refractivity contribution is 0.0242. The van der Waals surface area contributed by atoms with Crippen LogP contribution in [0.25, 0.3) is 0 Å². The SMILES string of the molecule is Cc1ccccc1CC1(OCCCCCCCCCCCCP(=O)(O)O)C=CC(S(=O)(=O)C2C=CC(Cc3ccccc3C)(OCCCCCCCCCCCCP(=O)(O)O)C=C2)C=C1. The molecule has 2 aliphatic rings. The molecule has 0 aromatic heterocycles. The maximum Gasteiger partial charge on any atom is 0.325 e. The van der Waals surface area contributed by atoms with E-state index in [1.165, 1.54) is 11.1 Å². The van der Waals surface area contributed by atoms with Gasteiger partial charge in [0.1, 0.15) is 11.2 Å². The molecule has 13 heteroatoms. The molecule has 0 atom stereocenters. The van der Waals surface area contributed by atoms with Crippen LogP contribution in [0.2, 0.25) is 0 Å². The van der Waals surface area contributed by atoms with Crippen LogP contribution < -0.4 is 0 Å². The van der Waals surface area contributed by atoms with Gasteiger partial charge in [0, 0.05) is 38.4 Å². The zero-order valence-corrected chi connectivity index (χ0v) is 41.9. The van der Waals surface area contributed by atoms with Crippen molar-refractivity contribution in [2.75, 3.05) is 25.5 Å². The van der Waals surface area contributed by atoms with Gasteiger partial charge in [-0.15, -0.1) is 0 Å². The fraction of sp³-hybridized carbons (Fsp3) is 0.615. The van der Waals surface area contributed by atoms with Crippen LogP contribution in [0.3, 0.4) is 0 Å². The Morgan fingerprint density at radius 1 is 0.462 bits per heavy atom. The molecule has 4 rings (SSSR count). The van der Waals surface area contributed by atoms with Gasteiger partial charge in [-0.3, -0.25) is 9.13 Å². The van der Waals surface area contributed by atoms with Gasteiger partial charge in [-0.25, -0.2) is 8.42 Å². The number of unbranched alkanes of at least 4 members (excludes halogenated alkanes) is 18. The van der Waals surface area contributed by atoms with Crippen molar-refractivity contribution >= 4 is 25.0 Å². The Hall–Kier alpha value is -2.43. The van der Waals surface area contributed by atoms with Crippen LogP contribution in [0.5, 0.6) is 0 Å². The van der Waals surface area contributed by atoms with Crippen molar-refractivity contribution in [1.82, 2.24) is 0 Å². The summed E-state index contributed by atoms with van der Waals surface area (Å²) in [5, 5.41) is -1.59. The number of benzene rings is 2. The van der Waals surface area contributed by atoms with Crippen LogP contribution in [0.4, 0.5) is 0 Å². The average molecular weight is 959 g/mol. The first-order chi connectivity index (χ1) is 31.0. The number of rotatable bonds is 34. The molecule has 0 spiro atoms. The second kappa shape index (κ2) is 28.2. The highest BCUT2D eigenvalue weighted by molar-refractivity contribution is 7.93. The second-order valence-electron chi connectivity index (χ2n) is 18.6. The predicted molar refractivity (Wildman–Crippen MR) is 266 cm³/mol. The summed E-state index contributed by atoms with van der Waals surface area (Å²) < 4.78 is 63.8. The van der Waals surface area contributed by atoms with Crippen molar-refractivity contribution in [3.05, 3.63) is 119 Å². The van der Waals surface area contributed by atoms with Gasteiger partial charge in [0.25, 0.3) is 0 Å². The summed E-state index contributed by atoms with van der Waals surface area (Å²) in [6.07, 6.45) is 36.5. The van der Waals surface area contributed by atoms with E-state index >= 15 is 0 Å². The molecule has 0 saturated heterocycles. The van der Waals surface area contributed by atoms with Crippen molar-refractivity contribution in [3.8, 4) is 0 Å². The molecule has 65 heavy (non-hydrogen) atoms. The Bertz CT molecular complexity index is 1870. The normalized spacial score (nSPS) is 21.1. The van der Waals surface area contributed by atoms with Gasteiger partial charge < -0.3 is 29.0 Å². The van der Waals surface area contributed by atoms with E-state index < -0.39 is 46.7 Å². The Kier molecular flexibility index (Phi) is 23.9.